The van der Waals surface area contributed by atoms with Gasteiger partial charge >= 0.3 is 5.97 Å². The molecule has 7 heteroatoms. The van der Waals surface area contributed by atoms with E-state index >= 15 is 0 Å². The fourth-order valence-corrected chi connectivity index (χ4v) is 4.92. The maximum Gasteiger partial charge on any atom is 0.326 e. The van der Waals surface area contributed by atoms with Gasteiger partial charge in [0.15, 0.2) is 0 Å². The lowest BCUT2D eigenvalue weighted by Gasteiger charge is -2.37. The minimum atomic E-state index is -1.10. The summed E-state index contributed by atoms with van der Waals surface area (Å²) in [5.41, 5.74) is 4.62. The summed E-state index contributed by atoms with van der Waals surface area (Å²) < 4.78 is 12.4. The molecule has 0 radical (unpaired) electrons. The SMILES string of the molecule is Cc1ccc2c(c1OCc1ccccc1)C[C@H](C(=O)O)N(C(=O)[C@H](Oc1ccc(C#N)cc1)c1ccccc1)C2. The molecule has 0 aromatic heterocycles. The van der Waals surface area contributed by atoms with Crippen molar-refractivity contribution in [3.63, 3.8) is 0 Å². The Balaban J connectivity index is 1.46. The second-order valence-electron chi connectivity index (χ2n) is 9.69. The van der Waals surface area contributed by atoms with E-state index in [-0.39, 0.29) is 13.0 Å². The number of carboxylic acids is 1. The van der Waals surface area contributed by atoms with E-state index in [1.54, 1.807) is 48.5 Å². The van der Waals surface area contributed by atoms with Crippen molar-refractivity contribution in [3.05, 3.63) is 130 Å². The zero-order valence-corrected chi connectivity index (χ0v) is 22.0. The minimum Gasteiger partial charge on any atom is -0.488 e. The van der Waals surface area contributed by atoms with Gasteiger partial charge in [-0.15, -0.1) is 0 Å². The average Bonchev–Trinajstić information content (AvgIpc) is 2.99. The van der Waals surface area contributed by atoms with E-state index in [1.165, 1.54) is 4.90 Å². The molecule has 1 amide bonds. The van der Waals surface area contributed by atoms with Gasteiger partial charge in [-0.25, -0.2) is 4.79 Å². The number of rotatable bonds is 8. The van der Waals surface area contributed by atoms with Crippen LogP contribution in [0.25, 0.3) is 0 Å². The van der Waals surface area contributed by atoms with Crippen molar-refractivity contribution in [2.75, 3.05) is 0 Å². The number of aryl methyl sites for hydroxylation is 1. The molecule has 0 fully saturated rings. The molecule has 0 aliphatic carbocycles. The van der Waals surface area contributed by atoms with Crippen LogP contribution in [0.1, 0.15) is 39.5 Å². The lowest BCUT2D eigenvalue weighted by Crippen LogP contribution is -2.51. The molecule has 5 rings (SSSR count). The van der Waals surface area contributed by atoms with E-state index in [9.17, 15) is 14.7 Å². The number of fused-ring (bicyclic) bond motifs is 1. The highest BCUT2D eigenvalue weighted by atomic mass is 16.5. The lowest BCUT2D eigenvalue weighted by molar-refractivity contribution is -0.155. The highest BCUT2D eigenvalue weighted by molar-refractivity contribution is 5.88. The van der Waals surface area contributed by atoms with Gasteiger partial charge in [-0.05, 0) is 47.9 Å². The summed E-state index contributed by atoms with van der Waals surface area (Å²) >= 11 is 0. The van der Waals surface area contributed by atoms with E-state index in [0.29, 0.717) is 29.2 Å². The number of hydrogen-bond acceptors (Lipinski definition) is 5. The number of aliphatic carboxylic acids is 1. The summed E-state index contributed by atoms with van der Waals surface area (Å²) in [7, 11) is 0. The zero-order valence-electron chi connectivity index (χ0n) is 22.0. The van der Waals surface area contributed by atoms with E-state index in [2.05, 4.69) is 6.07 Å². The Bertz CT molecular complexity index is 1550. The van der Waals surface area contributed by atoms with Gasteiger partial charge in [0.1, 0.15) is 24.1 Å². The first-order valence-electron chi connectivity index (χ1n) is 13.0. The number of hydrogen-bond donors (Lipinski definition) is 1. The number of carbonyl (C=O) groups excluding carboxylic acids is 1. The summed E-state index contributed by atoms with van der Waals surface area (Å²) in [4.78, 5) is 28.0. The van der Waals surface area contributed by atoms with Crippen LogP contribution in [0.3, 0.4) is 0 Å². The zero-order chi connectivity index (χ0) is 28.1. The summed E-state index contributed by atoms with van der Waals surface area (Å²) in [6.45, 7) is 2.39. The van der Waals surface area contributed by atoms with Crippen LogP contribution in [0, 0.1) is 18.3 Å². The molecule has 0 bridgehead atoms. The molecule has 1 N–H and O–H groups in total. The van der Waals surface area contributed by atoms with Gasteiger partial charge in [-0.3, -0.25) is 4.79 Å². The lowest BCUT2D eigenvalue weighted by atomic mass is 9.90. The van der Waals surface area contributed by atoms with Crippen LogP contribution in [0.2, 0.25) is 0 Å². The third-order valence-electron chi connectivity index (χ3n) is 7.03. The monoisotopic (exact) mass is 532 g/mol. The molecule has 1 aliphatic rings. The maximum atomic E-state index is 14.1. The Labute approximate surface area is 232 Å². The van der Waals surface area contributed by atoms with Crippen LogP contribution in [0.15, 0.2) is 97.1 Å². The topological polar surface area (TPSA) is 99.9 Å². The van der Waals surface area contributed by atoms with Crippen molar-refractivity contribution in [1.29, 1.82) is 5.26 Å². The largest absolute Gasteiger partial charge is 0.488 e. The summed E-state index contributed by atoms with van der Waals surface area (Å²) in [5, 5.41) is 19.4. The summed E-state index contributed by atoms with van der Waals surface area (Å²) in [6.07, 6.45) is -0.961. The molecule has 0 unspecified atom stereocenters. The smallest absolute Gasteiger partial charge is 0.326 e. The minimum absolute atomic E-state index is 0.104. The molecule has 4 aromatic carbocycles. The van der Waals surface area contributed by atoms with E-state index < -0.39 is 24.0 Å². The molecule has 4 aromatic rings. The van der Waals surface area contributed by atoms with Crippen molar-refractivity contribution in [2.24, 2.45) is 0 Å². The Hall–Kier alpha value is -5.09. The maximum absolute atomic E-state index is 14.1. The predicted octanol–water partition coefficient (Wildman–Crippen LogP) is 5.60. The van der Waals surface area contributed by atoms with Gasteiger partial charge in [-0.2, -0.15) is 5.26 Å². The molecule has 0 saturated carbocycles. The van der Waals surface area contributed by atoms with Crippen molar-refractivity contribution >= 4 is 11.9 Å². The molecule has 7 nitrogen and oxygen atoms in total. The molecular weight excluding hydrogens is 504 g/mol. The Morgan fingerprint density at radius 2 is 1.65 bits per heavy atom. The number of nitrogens with zero attached hydrogens (tertiary/aromatic N) is 2. The second-order valence-corrected chi connectivity index (χ2v) is 9.69. The third kappa shape index (κ3) is 5.67. The molecular formula is C33H28N2O5. The molecule has 40 heavy (non-hydrogen) atoms. The van der Waals surface area contributed by atoms with E-state index in [0.717, 1.165) is 22.3 Å². The van der Waals surface area contributed by atoms with Crippen LogP contribution < -0.4 is 9.47 Å². The van der Waals surface area contributed by atoms with Gasteiger partial charge in [-0.1, -0.05) is 72.8 Å². The normalized spacial score (nSPS) is 14.9. The van der Waals surface area contributed by atoms with Gasteiger partial charge in [0.25, 0.3) is 5.91 Å². The molecule has 1 heterocycles. The van der Waals surface area contributed by atoms with Crippen molar-refractivity contribution in [3.8, 4) is 17.6 Å². The highest BCUT2D eigenvalue weighted by Gasteiger charge is 2.40. The molecule has 0 saturated heterocycles. The van der Waals surface area contributed by atoms with E-state index in [4.69, 9.17) is 14.7 Å². The Kier molecular flexibility index (Phi) is 7.79. The molecule has 200 valence electrons. The van der Waals surface area contributed by atoms with Crippen molar-refractivity contribution < 1.29 is 24.2 Å². The van der Waals surface area contributed by atoms with Gasteiger partial charge in [0.2, 0.25) is 6.10 Å². The first-order valence-corrected chi connectivity index (χ1v) is 13.0. The van der Waals surface area contributed by atoms with Gasteiger partial charge in [0.05, 0.1) is 11.6 Å². The quantitative estimate of drug-likeness (QED) is 0.317. The Morgan fingerprint density at radius 3 is 2.30 bits per heavy atom. The first kappa shape index (κ1) is 26.5. The number of benzene rings is 4. The van der Waals surface area contributed by atoms with Crippen LogP contribution in [0.5, 0.6) is 11.5 Å². The fraction of sp³-hybridized carbons (Fsp3) is 0.182. The van der Waals surface area contributed by atoms with Gasteiger partial charge in [0, 0.05) is 24.1 Å². The van der Waals surface area contributed by atoms with Crippen molar-refractivity contribution in [1.82, 2.24) is 4.90 Å². The first-order chi connectivity index (χ1) is 19.4. The van der Waals surface area contributed by atoms with Crippen LogP contribution in [0.4, 0.5) is 0 Å². The Morgan fingerprint density at radius 1 is 0.975 bits per heavy atom. The predicted molar refractivity (Wildman–Crippen MR) is 149 cm³/mol. The van der Waals surface area contributed by atoms with Crippen molar-refractivity contribution in [2.45, 2.75) is 38.6 Å². The fourth-order valence-electron chi connectivity index (χ4n) is 4.92. The van der Waals surface area contributed by atoms with Crippen LogP contribution in [-0.4, -0.2) is 27.9 Å². The second kappa shape index (κ2) is 11.7. The molecule has 0 spiro atoms. The van der Waals surface area contributed by atoms with Crippen LogP contribution in [-0.2, 0) is 29.2 Å². The number of ether oxygens (including phenoxy) is 2. The summed E-state index contributed by atoms with van der Waals surface area (Å²) in [6, 6.07) is 30.1. The number of amides is 1. The molecule has 2 atom stereocenters. The highest BCUT2D eigenvalue weighted by Crippen LogP contribution is 2.36. The number of nitriles is 1. The third-order valence-corrected chi connectivity index (χ3v) is 7.03. The number of carbonyl (C=O) groups is 2. The van der Waals surface area contributed by atoms with Crippen LogP contribution >= 0.6 is 0 Å². The number of carboxylic acid groups (broad SMARTS) is 1. The summed E-state index contributed by atoms with van der Waals surface area (Å²) in [5.74, 6) is -0.494. The average molecular weight is 533 g/mol. The standard InChI is InChI=1S/C33H28N2O5/c1-22-12-15-26-20-35(29(33(37)38)18-28(26)30(22)39-21-24-8-4-2-5-9-24)32(36)31(25-10-6-3-7-11-25)40-27-16-13-23(19-34)14-17-27/h2-17,29,31H,18,20-21H2,1H3,(H,37,38)/t29-,31-/m1/s1. The molecule has 1 aliphatic heterocycles. The van der Waals surface area contributed by atoms with Gasteiger partial charge < -0.3 is 19.5 Å². The van der Waals surface area contributed by atoms with E-state index in [1.807, 2.05) is 55.5 Å².